The summed E-state index contributed by atoms with van der Waals surface area (Å²) in [6, 6.07) is -2.29. The predicted molar refractivity (Wildman–Crippen MR) is 106 cm³/mol. The Morgan fingerprint density at radius 2 is 1.74 bits per heavy atom. The van der Waals surface area contributed by atoms with E-state index >= 15 is 0 Å². The van der Waals surface area contributed by atoms with Gasteiger partial charge in [-0.05, 0) is 6.92 Å². The third-order valence-electron chi connectivity index (χ3n) is 4.79. The molecule has 0 radical (unpaired) electrons. The zero-order chi connectivity index (χ0) is 23.7. The number of nitrogens with one attached hydrogen (secondary N) is 3. The van der Waals surface area contributed by atoms with Crippen LogP contribution in [-0.2, 0) is 28.7 Å². The summed E-state index contributed by atoms with van der Waals surface area (Å²) in [5.74, 6) is -1.64. The van der Waals surface area contributed by atoms with Gasteiger partial charge in [0, 0.05) is 33.2 Å². The number of Topliss-reactive ketones (excluding diaryl/α,β-unsaturated/α-hetero) is 1. The van der Waals surface area contributed by atoms with E-state index in [4.69, 9.17) is 9.47 Å². The molecule has 178 valence electrons. The van der Waals surface area contributed by atoms with E-state index in [2.05, 4.69) is 16.0 Å². The Kier molecular flexibility index (Phi) is 11.0. The molecule has 0 spiro atoms. The Hall–Kier alpha value is -2.12. The normalized spacial score (nSPS) is 27.6. The molecule has 0 aliphatic carbocycles. The van der Waals surface area contributed by atoms with Crippen LogP contribution in [0.2, 0.25) is 0 Å². The van der Waals surface area contributed by atoms with Gasteiger partial charge in [-0.2, -0.15) is 0 Å². The maximum absolute atomic E-state index is 12.6. The first-order chi connectivity index (χ1) is 14.5. The quantitative estimate of drug-likeness (QED) is 0.196. The van der Waals surface area contributed by atoms with Crippen molar-refractivity contribution in [2.45, 2.75) is 83.3 Å². The highest BCUT2D eigenvalue weighted by Gasteiger charge is 2.46. The fourth-order valence-electron chi connectivity index (χ4n) is 3.16. The van der Waals surface area contributed by atoms with Crippen LogP contribution in [0.5, 0.6) is 0 Å². The second-order valence-electron chi connectivity index (χ2n) is 7.37. The Labute approximate surface area is 180 Å². The van der Waals surface area contributed by atoms with E-state index < -0.39 is 67.0 Å². The van der Waals surface area contributed by atoms with Crippen LogP contribution in [0.4, 0.5) is 0 Å². The molecule has 3 amide bonds. The summed E-state index contributed by atoms with van der Waals surface area (Å²) in [5.41, 5.74) is 0. The average Bonchev–Trinajstić information content (AvgIpc) is 2.70. The van der Waals surface area contributed by atoms with Crippen molar-refractivity contribution in [3.8, 4) is 0 Å². The molecule has 1 heterocycles. The molecular weight excluding hydrogens is 414 g/mol. The van der Waals surface area contributed by atoms with Gasteiger partial charge in [-0.3, -0.25) is 19.2 Å². The average molecular weight is 447 g/mol. The minimum Gasteiger partial charge on any atom is -0.394 e. The predicted octanol–water partition coefficient (Wildman–Crippen LogP) is -2.67. The first kappa shape index (κ1) is 26.9. The molecule has 1 saturated heterocycles. The highest BCUT2D eigenvalue weighted by Crippen LogP contribution is 2.24. The van der Waals surface area contributed by atoms with E-state index in [1.165, 1.54) is 20.8 Å². The van der Waals surface area contributed by atoms with Gasteiger partial charge in [0.1, 0.15) is 30.4 Å². The van der Waals surface area contributed by atoms with E-state index in [1.54, 1.807) is 6.92 Å². The molecule has 12 heteroatoms. The summed E-state index contributed by atoms with van der Waals surface area (Å²) >= 11 is 0. The van der Waals surface area contributed by atoms with Crippen LogP contribution in [0.3, 0.4) is 0 Å². The van der Waals surface area contributed by atoms with Gasteiger partial charge in [-0.25, -0.2) is 0 Å². The summed E-state index contributed by atoms with van der Waals surface area (Å²) in [6.45, 7) is 5.05. The second kappa shape index (κ2) is 12.7. The molecule has 0 saturated carbocycles. The van der Waals surface area contributed by atoms with Crippen LogP contribution >= 0.6 is 0 Å². The molecule has 1 aliphatic heterocycles. The standard InChI is InChI=1S/C19H33N3O9/c1-5-14(27)20-7-6-12(26)15(21-10(3)24)9(2)30-19-16(22-11(4)25)18(29)17(28)13(8-23)31-19/h9,13,15-19,23,28-29H,5-8H2,1-4H3,(H,20,27)(H,21,24)(H,22,25). The van der Waals surface area contributed by atoms with Crippen molar-refractivity contribution in [2.24, 2.45) is 0 Å². The zero-order valence-corrected chi connectivity index (χ0v) is 18.2. The van der Waals surface area contributed by atoms with Crippen LogP contribution in [0, 0.1) is 0 Å². The highest BCUT2D eigenvalue weighted by atomic mass is 16.7. The van der Waals surface area contributed by atoms with Crippen LogP contribution in [0.15, 0.2) is 0 Å². The fraction of sp³-hybridized carbons (Fsp3) is 0.789. The van der Waals surface area contributed by atoms with Gasteiger partial charge in [-0.1, -0.05) is 6.92 Å². The smallest absolute Gasteiger partial charge is 0.219 e. The van der Waals surface area contributed by atoms with Crippen molar-refractivity contribution >= 4 is 23.5 Å². The van der Waals surface area contributed by atoms with Crippen molar-refractivity contribution < 1.29 is 44.0 Å². The molecule has 31 heavy (non-hydrogen) atoms. The third-order valence-corrected chi connectivity index (χ3v) is 4.79. The molecule has 7 unspecified atom stereocenters. The lowest BCUT2D eigenvalue weighted by molar-refractivity contribution is -0.281. The van der Waals surface area contributed by atoms with Crippen LogP contribution in [0.1, 0.15) is 40.5 Å². The van der Waals surface area contributed by atoms with Gasteiger partial charge in [-0.15, -0.1) is 0 Å². The van der Waals surface area contributed by atoms with Gasteiger partial charge in [0.25, 0.3) is 0 Å². The van der Waals surface area contributed by atoms with Crippen molar-refractivity contribution in [2.75, 3.05) is 13.2 Å². The first-order valence-electron chi connectivity index (χ1n) is 10.1. The minimum atomic E-state index is -1.51. The maximum atomic E-state index is 12.6. The number of aliphatic hydroxyl groups excluding tert-OH is 3. The number of aliphatic hydroxyl groups is 3. The Morgan fingerprint density at radius 1 is 1.10 bits per heavy atom. The van der Waals surface area contributed by atoms with E-state index in [0.717, 1.165) is 0 Å². The Bertz CT molecular complexity index is 645. The summed E-state index contributed by atoms with van der Waals surface area (Å²) in [6.07, 6.45) is -6.26. The number of ketones is 1. The minimum absolute atomic E-state index is 0.0639. The number of carbonyl (C=O) groups is 4. The zero-order valence-electron chi connectivity index (χ0n) is 18.2. The molecule has 0 aromatic rings. The van der Waals surface area contributed by atoms with Gasteiger partial charge >= 0.3 is 0 Å². The summed E-state index contributed by atoms with van der Waals surface area (Å²) in [5, 5.41) is 37.3. The lowest BCUT2D eigenvalue weighted by Crippen LogP contribution is -2.65. The largest absolute Gasteiger partial charge is 0.394 e. The van der Waals surface area contributed by atoms with E-state index in [0.29, 0.717) is 0 Å². The molecule has 6 N–H and O–H groups in total. The van der Waals surface area contributed by atoms with Crippen molar-refractivity contribution in [3.05, 3.63) is 0 Å². The van der Waals surface area contributed by atoms with Gasteiger partial charge in [0.15, 0.2) is 12.1 Å². The fourth-order valence-corrected chi connectivity index (χ4v) is 3.16. The number of hydrogen-bond donors (Lipinski definition) is 6. The van der Waals surface area contributed by atoms with Crippen molar-refractivity contribution in [1.29, 1.82) is 0 Å². The van der Waals surface area contributed by atoms with Crippen LogP contribution < -0.4 is 16.0 Å². The summed E-state index contributed by atoms with van der Waals surface area (Å²) in [7, 11) is 0. The van der Waals surface area contributed by atoms with Gasteiger partial charge in [0.05, 0.1) is 12.7 Å². The lowest BCUT2D eigenvalue weighted by atomic mass is 9.96. The topological polar surface area (TPSA) is 184 Å². The molecular formula is C19H33N3O9. The highest BCUT2D eigenvalue weighted by molar-refractivity contribution is 5.89. The Balaban J connectivity index is 2.94. The van der Waals surface area contributed by atoms with E-state index in [9.17, 15) is 34.5 Å². The molecule has 0 aromatic heterocycles. The van der Waals surface area contributed by atoms with Crippen LogP contribution in [-0.4, -0.2) is 94.8 Å². The lowest BCUT2D eigenvalue weighted by Gasteiger charge is -2.43. The number of rotatable bonds is 11. The second-order valence-corrected chi connectivity index (χ2v) is 7.37. The maximum Gasteiger partial charge on any atom is 0.219 e. The monoisotopic (exact) mass is 447 g/mol. The van der Waals surface area contributed by atoms with Gasteiger partial charge in [0.2, 0.25) is 17.7 Å². The van der Waals surface area contributed by atoms with Crippen LogP contribution in [0.25, 0.3) is 0 Å². The summed E-state index contributed by atoms with van der Waals surface area (Å²) in [4.78, 5) is 47.1. The van der Waals surface area contributed by atoms with Crippen molar-refractivity contribution in [1.82, 2.24) is 16.0 Å². The summed E-state index contributed by atoms with van der Waals surface area (Å²) < 4.78 is 11.2. The van der Waals surface area contributed by atoms with Gasteiger partial charge < -0.3 is 40.7 Å². The number of carbonyl (C=O) groups excluding carboxylic acids is 4. The molecule has 0 aromatic carbocycles. The van der Waals surface area contributed by atoms with E-state index in [1.807, 2.05) is 0 Å². The number of hydrogen-bond acceptors (Lipinski definition) is 9. The van der Waals surface area contributed by atoms with Crippen molar-refractivity contribution in [3.63, 3.8) is 0 Å². The molecule has 12 nitrogen and oxygen atoms in total. The Morgan fingerprint density at radius 3 is 2.26 bits per heavy atom. The molecule has 1 rings (SSSR count). The SMILES string of the molecule is CCC(=O)NCCC(=O)C(NC(C)=O)C(C)OC1OC(CO)C(O)C(O)C1NC(C)=O. The molecule has 1 fully saturated rings. The number of amides is 3. The first-order valence-corrected chi connectivity index (χ1v) is 10.1. The molecule has 0 bridgehead atoms. The molecule has 7 atom stereocenters. The number of ether oxygens (including phenoxy) is 2. The molecule has 1 aliphatic rings. The van der Waals surface area contributed by atoms with E-state index in [-0.39, 0.29) is 25.3 Å². The third kappa shape index (κ3) is 8.15.